The van der Waals surface area contributed by atoms with Gasteiger partial charge in [0.05, 0.1) is 18.1 Å². The second kappa shape index (κ2) is 8.12. The van der Waals surface area contributed by atoms with E-state index in [2.05, 4.69) is 4.90 Å². The lowest BCUT2D eigenvalue weighted by Crippen LogP contribution is -2.36. The van der Waals surface area contributed by atoms with E-state index in [1.54, 1.807) is 18.2 Å². The Bertz CT molecular complexity index is 860. The summed E-state index contributed by atoms with van der Waals surface area (Å²) in [5, 5.41) is 11.0. The monoisotopic (exact) mass is 372 g/mol. The molecule has 1 heterocycles. The van der Waals surface area contributed by atoms with Crippen LogP contribution in [0.4, 0.5) is 11.4 Å². The molecule has 6 nitrogen and oxygen atoms in total. The van der Waals surface area contributed by atoms with E-state index in [1.807, 2.05) is 18.2 Å². The minimum absolute atomic E-state index is 0.0664. The van der Waals surface area contributed by atoms with Crippen molar-refractivity contribution in [2.45, 2.75) is 0 Å². The highest BCUT2D eigenvalue weighted by atomic mass is 35.5. The Morgan fingerprint density at radius 1 is 1.19 bits per heavy atom. The van der Waals surface area contributed by atoms with Crippen molar-refractivity contribution in [3.63, 3.8) is 0 Å². The smallest absolute Gasteiger partial charge is 0.288 e. The van der Waals surface area contributed by atoms with Crippen LogP contribution >= 0.6 is 11.6 Å². The van der Waals surface area contributed by atoms with Crippen molar-refractivity contribution >= 4 is 34.8 Å². The van der Waals surface area contributed by atoms with E-state index in [0.717, 1.165) is 18.8 Å². The molecule has 0 aromatic heterocycles. The number of nitro benzene ring substituents is 1. The molecule has 0 N–H and O–H groups in total. The van der Waals surface area contributed by atoms with Gasteiger partial charge in [0.25, 0.3) is 5.69 Å². The molecule has 0 spiro atoms. The maximum atomic E-state index is 12.4. The van der Waals surface area contributed by atoms with Gasteiger partial charge in [-0.25, -0.2) is 0 Å². The minimum Gasteiger partial charge on any atom is -0.378 e. The highest BCUT2D eigenvalue weighted by Gasteiger charge is 2.13. The Morgan fingerprint density at radius 3 is 2.69 bits per heavy atom. The Balaban J connectivity index is 1.76. The molecule has 7 heteroatoms. The fourth-order valence-corrected chi connectivity index (χ4v) is 2.91. The zero-order chi connectivity index (χ0) is 18.5. The van der Waals surface area contributed by atoms with Crippen LogP contribution in [0.3, 0.4) is 0 Å². The summed E-state index contributed by atoms with van der Waals surface area (Å²) in [6.07, 6.45) is 2.96. The Hall–Kier alpha value is -2.70. The van der Waals surface area contributed by atoms with Gasteiger partial charge in [0, 0.05) is 30.4 Å². The van der Waals surface area contributed by atoms with E-state index in [1.165, 1.54) is 18.2 Å². The first-order valence-corrected chi connectivity index (χ1v) is 8.51. The molecule has 0 amide bonds. The molecule has 134 valence electrons. The number of anilines is 1. The van der Waals surface area contributed by atoms with Gasteiger partial charge in [0.2, 0.25) is 0 Å². The van der Waals surface area contributed by atoms with Crippen molar-refractivity contribution in [1.82, 2.24) is 0 Å². The third kappa shape index (κ3) is 4.28. The number of carbonyl (C=O) groups excluding carboxylic acids is 1. The summed E-state index contributed by atoms with van der Waals surface area (Å²) in [5.74, 6) is -0.169. The van der Waals surface area contributed by atoms with Gasteiger partial charge in [-0.2, -0.15) is 0 Å². The first-order valence-electron chi connectivity index (χ1n) is 8.14. The van der Waals surface area contributed by atoms with Gasteiger partial charge in [-0.05, 0) is 29.8 Å². The summed E-state index contributed by atoms with van der Waals surface area (Å²) in [5.41, 5.74) is 1.90. The standard InChI is InChI=1S/C19H17ClN2O4/c20-17-6-4-14(12-18(17)22(24)25)5-7-19(23)15-2-1-3-16(13-15)21-8-10-26-11-9-21/h1-7,12-13H,8-11H2/b7-5+. The van der Waals surface area contributed by atoms with E-state index in [4.69, 9.17) is 16.3 Å². The number of hydrogen-bond donors (Lipinski definition) is 0. The first-order chi connectivity index (χ1) is 12.5. The number of allylic oxidation sites excluding steroid dienone is 1. The van der Waals surface area contributed by atoms with Crippen LogP contribution in [0.2, 0.25) is 5.02 Å². The lowest BCUT2D eigenvalue weighted by Gasteiger charge is -2.29. The van der Waals surface area contributed by atoms with Crippen LogP contribution < -0.4 is 4.90 Å². The van der Waals surface area contributed by atoms with Crippen molar-refractivity contribution in [1.29, 1.82) is 0 Å². The third-order valence-electron chi connectivity index (χ3n) is 4.10. The molecule has 1 fully saturated rings. The number of hydrogen-bond acceptors (Lipinski definition) is 5. The number of benzene rings is 2. The number of nitrogens with zero attached hydrogens (tertiary/aromatic N) is 2. The zero-order valence-corrected chi connectivity index (χ0v) is 14.7. The highest BCUT2D eigenvalue weighted by molar-refractivity contribution is 6.32. The predicted octanol–water partition coefficient (Wildman–Crippen LogP) is 3.98. The molecule has 1 aliphatic heterocycles. The van der Waals surface area contributed by atoms with E-state index in [-0.39, 0.29) is 16.5 Å². The quantitative estimate of drug-likeness (QED) is 0.343. The molecular formula is C19H17ClN2O4. The van der Waals surface area contributed by atoms with Crippen LogP contribution in [0.1, 0.15) is 15.9 Å². The fourth-order valence-electron chi connectivity index (χ4n) is 2.72. The molecule has 0 unspecified atom stereocenters. The predicted molar refractivity (Wildman–Crippen MR) is 101 cm³/mol. The van der Waals surface area contributed by atoms with Crippen LogP contribution in [-0.2, 0) is 4.74 Å². The maximum Gasteiger partial charge on any atom is 0.288 e. The molecule has 1 aliphatic rings. The van der Waals surface area contributed by atoms with E-state index < -0.39 is 4.92 Å². The summed E-state index contributed by atoms with van der Waals surface area (Å²) >= 11 is 5.79. The van der Waals surface area contributed by atoms with Gasteiger partial charge in [0.1, 0.15) is 5.02 Å². The molecule has 1 saturated heterocycles. The zero-order valence-electron chi connectivity index (χ0n) is 13.9. The first kappa shape index (κ1) is 18.1. The molecule has 3 rings (SSSR count). The summed E-state index contributed by atoms with van der Waals surface area (Å²) in [6.45, 7) is 2.94. The molecule has 0 atom stereocenters. The van der Waals surface area contributed by atoms with E-state index in [0.29, 0.717) is 24.3 Å². The number of ether oxygens (including phenoxy) is 1. The summed E-state index contributed by atoms with van der Waals surface area (Å²) in [4.78, 5) is 25.0. The highest BCUT2D eigenvalue weighted by Crippen LogP contribution is 2.25. The summed E-state index contributed by atoms with van der Waals surface area (Å²) in [7, 11) is 0. The molecule has 0 radical (unpaired) electrons. The Kier molecular flexibility index (Phi) is 5.65. The molecule has 0 saturated carbocycles. The number of rotatable bonds is 5. The van der Waals surface area contributed by atoms with Crippen LogP contribution in [0.15, 0.2) is 48.5 Å². The lowest BCUT2D eigenvalue weighted by atomic mass is 10.1. The molecule has 26 heavy (non-hydrogen) atoms. The van der Waals surface area contributed by atoms with Crippen LogP contribution in [0.5, 0.6) is 0 Å². The Morgan fingerprint density at radius 2 is 1.96 bits per heavy atom. The van der Waals surface area contributed by atoms with Gasteiger partial charge < -0.3 is 9.64 Å². The fraction of sp³-hybridized carbons (Fsp3) is 0.211. The van der Waals surface area contributed by atoms with Gasteiger partial charge in [-0.15, -0.1) is 0 Å². The lowest BCUT2D eigenvalue weighted by molar-refractivity contribution is -0.384. The van der Waals surface area contributed by atoms with E-state index >= 15 is 0 Å². The van der Waals surface area contributed by atoms with Gasteiger partial charge in [-0.1, -0.05) is 35.9 Å². The molecule has 2 aromatic carbocycles. The van der Waals surface area contributed by atoms with Crippen molar-refractivity contribution in [3.8, 4) is 0 Å². The third-order valence-corrected chi connectivity index (χ3v) is 4.42. The molecule has 0 bridgehead atoms. The second-order valence-corrected chi connectivity index (χ2v) is 6.22. The largest absolute Gasteiger partial charge is 0.378 e. The topological polar surface area (TPSA) is 72.7 Å². The van der Waals surface area contributed by atoms with E-state index in [9.17, 15) is 14.9 Å². The number of carbonyl (C=O) groups is 1. The van der Waals surface area contributed by atoms with Gasteiger partial charge in [-0.3, -0.25) is 14.9 Å². The maximum absolute atomic E-state index is 12.4. The minimum atomic E-state index is -0.548. The number of halogens is 1. The van der Waals surface area contributed by atoms with Crippen LogP contribution in [-0.4, -0.2) is 37.0 Å². The summed E-state index contributed by atoms with van der Waals surface area (Å²) < 4.78 is 5.34. The molecule has 2 aromatic rings. The van der Waals surface area contributed by atoms with Crippen LogP contribution in [0, 0.1) is 10.1 Å². The molecular weight excluding hydrogens is 356 g/mol. The Labute approximate surface area is 155 Å². The summed E-state index contributed by atoms with van der Waals surface area (Å²) in [6, 6.07) is 11.8. The van der Waals surface area contributed by atoms with Crippen LogP contribution in [0.25, 0.3) is 6.08 Å². The number of nitro groups is 1. The second-order valence-electron chi connectivity index (χ2n) is 5.82. The number of morpholine rings is 1. The normalized spacial score (nSPS) is 14.6. The average Bonchev–Trinajstić information content (AvgIpc) is 2.67. The van der Waals surface area contributed by atoms with Gasteiger partial charge >= 0.3 is 0 Å². The van der Waals surface area contributed by atoms with Crippen molar-refractivity contribution in [2.75, 3.05) is 31.2 Å². The van der Waals surface area contributed by atoms with Crippen molar-refractivity contribution in [3.05, 3.63) is 74.8 Å². The molecule has 0 aliphatic carbocycles. The SMILES string of the molecule is O=C(/C=C/c1ccc(Cl)c([N+](=O)[O-])c1)c1cccc(N2CCOCC2)c1. The average molecular weight is 373 g/mol. The van der Waals surface area contributed by atoms with Crippen molar-refractivity contribution in [2.24, 2.45) is 0 Å². The van der Waals surface area contributed by atoms with Gasteiger partial charge in [0.15, 0.2) is 5.78 Å². The number of ketones is 1. The van der Waals surface area contributed by atoms with Crippen molar-refractivity contribution < 1.29 is 14.5 Å².